The standard InChI is InChI=1S/C11H11N3OS.HI/c1-15-11(16)14(12)10-7-6-8-4-2-3-5-9(8)13-10;/h2-7H,12H2,1H3;1H. The first-order chi connectivity index (χ1) is 7.72. The maximum absolute atomic E-state index is 5.74. The van der Waals surface area contributed by atoms with Crippen LogP contribution in [0, 0.1) is 0 Å². The van der Waals surface area contributed by atoms with Gasteiger partial charge in [0, 0.05) is 5.39 Å². The topological polar surface area (TPSA) is 51.4 Å². The summed E-state index contributed by atoms with van der Waals surface area (Å²) in [6.45, 7) is 0. The molecule has 0 radical (unpaired) electrons. The van der Waals surface area contributed by atoms with E-state index in [4.69, 9.17) is 22.8 Å². The van der Waals surface area contributed by atoms with E-state index in [1.54, 1.807) is 6.07 Å². The van der Waals surface area contributed by atoms with Gasteiger partial charge in [-0.3, -0.25) is 0 Å². The summed E-state index contributed by atoms with van der Waals surface area (Å²) in [5.74, 6) is 6.31. The molecular formula is C11H12IN3OS. The Balaban J connectivity index is 0.00000144. The lowest BCUT2D eigenvalue weighted by atomic mass is 10.2. The summed E-state index contributed by atoms with van der Waals surface area (Å²) in [4.78, 5) is 4.38. The Labute approximate surface area is 122 Å². The Morgan fingerprint density at radius 1 is 1.29 bits per heavy atom. The van der Waals surface area contributed by atoms with Gasteiger partial charge < -0.3 is 4.74 Å². The van der Waals surface area contributed by atoms with Crippen LogP contribution in [0.2, 0.25) is 0 Å². The predicted molar refractivity (Wildman–Crippen MR) is 83.4 cm³/mol. The van der Waals surface area contributed by atoms with Gasteiger partial charge in [0.25, 0.3) is 5.17 Å². The van der Waals surface area contributed by atoms with Crippen LogP contribution in [0.1, 0.15) is 0 Å². The molecule has 4 nitrogen and oxygen atoms in total. The molecule has 1 aromatic carbocycles. The normalized spacial score (nSPS) is 9.53. The Morgan fingerprint density at radius 3 is 2.71 bits per heavy atom. The lowest BCUT2D eigenvalue weighted by Crippen LogP contribution is -2.37. The van der Waals surface area contributed by atoms with Gasteiger partial charge >= 0.3 is 0 Å². The Bertz CT molecular complexity index is 535. The van der Waals surface area contributed by atoms with Gasteiger partial charge in [-0.1, -0.05) is 18.2 Å². The monoisotopic (exact) mass is 361 g/mol. The zero-order chi connectivity index (χ0) is 11.5. The predicted octanol–water partition coefficient (Wildman–Crippen LogP) is 2.46. The Hall–Kier alpha value is -0.990. The number of aromatic nitrogens is 1. The van der Waals surface area contributed by atoms with E-state index in [2.05, 4.69) is 4.98 Å². The Morgan fingerprint density at radius 2 is 2.00 bits per heavy atom. The number of rotatable bonds is 1. The van der Waals surface area contributed by atoms with Crippen molar-refractivity contribution < 1.29 is 4.74 Å². The minimum absolute atomic E-state index is 0. The van der Waals surface area contributed by atoms with Crippen LogP contribution in [-0.2, 0) is 4.74 Å². The van der Waals surface area contributed by atoms with E-state index in [-0.39, 0.29) is 29.2 Å². The largest absolute Gasteiger partial charge is 0.473 e. The molecule has 2 rings (SSSR count). The number of methoxy groups -OCH3 is 1. The van der Waals surface area contributed by atoms with Crippen LogP contribution >= 0.6 is 36.2 Å². The van der Waals surface area contributed by atoms with Crippen molar-refractivity contribution in [3.8, 4) is 0 Å². The number of nitrogens with two attached hydrogens (primary N) is 1. The van der Waals surface area contributed by atoms with Crippen LogP contribution < -0.4 is 10.9 Å². The summed E-state index contributed by atoms with van der Waals surface area (Å²) in [6, 6.07) is 11.5. The first-order valence-corrected chi connectivity index (χ1v) is 5.12. The highest BCUT2D eigenvalue weighted by Gasteiger charge is 2.09. The van der Waals surface area contributed by atoms with Crippen molar-refractivity contribution in [3.63, 3.8) is 0 Å². The number of halogens is 1. The average molecular weight is 361 g/mol. The number of anilines is 1. The van der Waals surface area contributed by atoms with E-state index >= 15 is 0 Å². The van der Waals surface area contributed by atoms with E-state index in [9.17, 15) is 0 Å². The molecule has 0 amide bonds. The van der Waals surface area contributed by atoms with Crippen LogP contribution in [0.25, 0.3) is 10.9 Å². The molecule has 1 heterocycles. The van der Waals surface area contributed by atoms with Gasteiger partial charge in [0.15, 0.2) is 5.82 Å². The molecule has 17 heavy (non-hydrogen) atoms. The zero-order valence-corrected chi connectivity index (χ0v) is 12.3. The molecule has 0 saturated carbocycles. The van der Waals surface area contributed by atoms with Crippen LogP contribution in [0.3, 0.4) is 0 Å². The van der Waals surface area contributed by atoms with Crippen LogP contribution in [0.15, 0.2) is 36.4 Å². The smallest absolute Gasteiger partial charge is 0.279 e. The minimum Gasteiger partial charge on any atom is -0.473 e. The van der Waals surface area contributed by atoms with Gasteiger partial charge in [-0.25, -0.2) is 15.8 Å². The molecule has 0 unspecified atom stereocenters. The molecule has 90 valence electrons. The fraction of sp³-hybridized carbons (Fsp3) is 0.0909. The van der Waals surface area contributed by atoms with Crippen molar-refractivity contribution in [2.24, 2.45) is 5.84 Å². The summed E-state index contributed by atoms with van der Waals surface area (Å²) in [6.07, 6.45) is 0. The molecule has 0 spiro atoms. The number of fused-ring (bicyclic) bond motifs is 1. The molecular weight excluding hydrogens is 349 g/mol. The number of ether oxygens (including phenoxy) is 1. The van der Waals surface area contributed by atoms with Crippen LogP contribution in [0.5, 0.6) is 0 Å². The number of hydrazine groups is 1. The van der Waals surface area contributed by atoms with Crippen molar-refractivity contribution in [2.75, 3.05) is 12.1 Å². The third kappa shape index (κ3) is 3.02. The van der Waals surface area contributed by atoms with E-state index in [1.165, 1.54) is 12.1 Å². The second-order valence-electron chi connectivity index (χ2n) is 3.20. The first-order valence-electron chi connectivity index (χ1n) is 4.71. The molecule has 0 fully saturated rings. The SMILES string of the molecule is COC(=S)N(N)c1ccc2ccccc2n1.I. The van der Waals surface area contributed by atoms with Gasteiger partial charge in [0.05, 0.1) is 12.6 Å². The molecule has 2 N–H and O–H groups in total. The molecule has 0 atom stereocenters. The van der Waals surface area contributed by atoms with Crippen molar-refractivity contribution in [2.45, 2.75) is 0 Å². The summed E-state index contributed by atoms with van der Waals surface area (Å²) in [5, 5.41) is 2.48. The highest BCUT2D eigenvalue weighted by Crippen LogP contribution is 2.16. The number of pyridine rings is 1. The first kappa shape index (κ1) is 14.1. The number of para-hydroxylation sites is 1. The van der Waals surface area contributed by atoms with Crippen molar-refractivity contribution in [3.05, 3.63) is 36.4 Å². The van der Waals surface area contributed by atoms with Crippen molar-refractivity contribution in [1.82, 2.24) is 4.98 Å². The van der Waals surface area contributed by atoms with Gasteiger partial charge in [-0.15, -0.1) is 24.0 Å². The molecule has 0 saturated heterocycles. The fourth-order valence-electron chi connectivity index (χ4n) is 1.38. The van der Waals surface area contributed by atoms with Crippen LogP contribution in [-0.4, -0.2) is 17.3 Å². The molecule has 2 aromatic rings. The minimum atomic E-state index is 0. The third-order valence-electron chi connectivity index (χ3n) is 2.20. The summed E-state index contributed by atoms with van der Waals surface area (Å²) in [7, 11) is 1.48. The second kappa shape index (κ2) is 6.08. The maximum atomic E-state index is 5.74. The average Bonchev–Trinajstić information content (AvgIpc) is 2.36. The van der Waals surface area contributed by atoms with Crippen LogP contribution in [0.4, 0.5) is 5.82 Å². The number of hydrogen-bond donors (Lipinski definition) is 1. The van der Waals surface area contributed by atoms with Crippen molar-refractivity contribution in [1.29, 1.82) is 0 Å². The highest BCUT2D eigenvalue weighted by atomic mass is 127. The maximum Gasteiger partial charge on any atom is 0.279 e. The molecule has 0 aliphatic heterocycles. The van der Waals surface area contributed by atoms with E-state index in [0.717, 1.165) is 10.9 Å². The van der Waals surface area contributed by atoms with Crippen molar-refractivity contribution >= 4 is 58.1 Å². The van der Waals surface area contributed by atoms with Gasteiger partial charge in [-0.2, -0.15) is 0 Å². The third-order valence-corrected chi connectivity index (χ3v) is 2.57. The quantitative estimate of drug-likeness (QED) is 0.366. The number of hydrogen-bond acceptors (Lipinski definition) is 4. The lowest BCUT2D eigenvalue weighted by molar-refractivity contribution is 0.403. The van der Waals surface area contributed by atoms with Gasteiger partial charge in [0.2, 0.25) is 0 Å². The van der Waals surface area contributed by atoms with E-state index in [1.807, 2.05) is 30.3 Å². The second-order valence-corrected chi connectivity index (χ2v) is 3.55. The molecule has 0 aliphatic rings. The highest BCUT2D eigenvalue weighted by molar-refractivity contribution is 14.0. The van der Waals surface area contributed by atoms with Gasteiger partial charge in [-0.05, 0) is 30.4 Å². The Kier molecular flexibility index (Phi) is 5.03. The molecule has 1 aromatic heterocycles. The lowest BCUT2D eigenvalue weighted by Gasteiger charge is -2.16. The zero-order valence-electron chi connectivity index (χ0n) is 9.16. The summed E-state index contributed by atoms with van der Waals surface area (Å²) in [5.41, 5.74) is 0.870. The van der Waals surface area contributed by atoms with E-state index in [0.29, 0.717) is 5.82 Å². The number of thiocarbonyl (C=S) groups is 1. The molecule has 0 aliphatic carbocycles. The molecule has 6 heteroatoms. The van der Waals surface area contributed by atoms with E-state index < -0.39 is 0 Å². The van der Waals surface area contributed by atoms with Gasteiger partial charge in [0.1, 0.15) is 0 Å². The summed E-state index contributed by atoms with van der Waals surface area (Å²) >= 11 is 4.92. The number of benzene rings is 1. The number of nitrogens with zero attached hydrogens (tertiary/aromatic N) is 2. The fourth-order valence-corrected chi connectivity index (χ4v) is 1.47. The molecule has 0 bridgehead atoms. The summed E-state index contributed by atoms with van der Waals surface area (Å²) < 4.78 is 4.87.